The van der Waals surface area contributed by atoms with E-state index in [1.54, 1.807) is 23.5 Å². The molecule has 94 valence electrons. The van der Waals surface area contributed by atoms with Crippen molar-refractivity contribution in [1.29, 1.82) is 0 Å². The summed E-state index contributed by atoms with van der Waals surface area (Å²) >= 11 is 8.42. The third kappa shape index (κ3) is 1.90. The lowest BCUT2D eigenvalue weighted by Gasteiger charge is -2.05. The Morgan fingerprint density at radius 2 is 0.944 bits per heavy atom. The zero-order chi connectivity index (χ0) is 12.9. The Hall–Kier alpha value is 0.140. The Bertz CT molecular complexity index is 718. The molecule has 8 heteroatoms. The van der Waals surface area contributed by atoms with Crippen LogP contribution in [0.25, 0.3) is 18.8 Å². The molecule has 0 amide bonds. The smallest absolute Gasteiger partial charge is 0.265 e. The molecule has 0 radical (unpaired) electrons. The van der Waals surface area contributed by atoms with Crippen LogP contribution in [-0.4, -0.2) is 12.5 Å². The minimum absolute atomic E-state index is 0.126. The molecule has 2 aromatic heterocycles. The summed E-state index contributed by atoms with van der Waals surface area (Å²) in [4.78, 5) is 25.5. The molecule has 0 saturated carbocycles. The summed E-state index contributed by atoms with van der Waals surface area (Å²) in [6.07, 6.45) is 3.99. The van der Waals surface area contributed by atoms with Crippen LogP contribution in [0.3, 0.4) is 0 Å². The fraction of sp³-hybridized carbons (Fsp3) is 0.200. The van der Waals surface area contributed by atoms with E-state index in [1.165, 1.54) is 45.3 Å². The Morgan fingerprint density at radius 3 is 1.17 bits per heavy atom. The van der Waals surface area contributed by atoms with Crippen molar-refractivity contribution in [2.24, 2.45) is 0 Å². The number of fused-ring (bicyclic) bond motifs is 2. The maximum absolute atomic E-state index is 11.7. The zero-order valence-corrected chi connectivity index (χ0v) is 14.2. The van der Waals surface area contributed by atoms with Crippen molar-refractivity contribution in [1.82, 2.24) is 0 Å². The van der Waals surface area contributed by atoms with E-state index in [2.05, 4.69) is 0 Å². The molecule has 0 spiro atoms. The summed E-state index contributed by atoms with van der Waals surface area (Å²) in [5.41, 5.74) is 0. The molecule has 2 heterocycles. The third-order valence-electron chi connectivity index (χ3n) is 2.39. The van der Waals surface area contributed by atoms with E-state index in [0.717, 1.165) is 28.6 Å². The molecule has 3 rings (SSSR count). The second-order valence-electron chi connectivity index (χ2n) is 3.29. The lowest BCUT2D eigenvalue weighted by molar-refractivity contribution is 1.69. The van der Waals surface area contributed by atoms with Crippen molar-refractivity contribution in [3.05, 3.63) is 17.7 Å². The van der Waals surface area contributed by atoms with Gasteiger partial charge >= 0.3 is 0 Å². The number of hydrogen-bond donors (Lipinski definition) is 0. The van der Waals surface area contributed by atoms with Gasteiger partial charge in [-0.3, -0.25) is 9.59 Å². The Kier molecular flexibility index (Phi) is 3.59. The molecule has 0 bridgehead atoms. The van der Waals surface area contributed by atoms with Gasteiger partial charge in [-0.1, -0.05) is 45.3 Å². The lowest BCUT2D eigenvalue weighted by Crippen LogP contribution is -1.76. The van der Waals surface area contributed by atoms with Gasteiger partial charge in [-0.05, 0) is 12.5 Å². The molecule has 0 atom stereocenters. The van der Waals surface area contributed by atoms with E-state index < -0.39 is 0 Å². The molecule has 0 N–H and O–H groups in total. The quantitative estimate of drug-likeness (QED) is 0.641. The first kappa shape index (κ1) is 13.1. The first-order valence-electron chi connectivity index (χ1n) is 4.77. The summed E-state index contributed by atoms with van der Waals surface area (Å²) in [5, 5.41) is 0. The van der Waals surface area contributed by atoms with Crippen molar-refractivity contribution >= 4 is 87.7 Å². The number of rotatable bonds is 2. The van der Waals surface area contributed by atoms with Crippen LogP contribution < -0.4 is 8.11 Å². The molecule has 1 aromatic carbocycles. The van der Waals surface area contributed by atoms with Crippen molar-refractivity contribution in [2.75, 3.05) is 12.5 Å². The molecule has 0 aliphatic carbocycles. The Morgan fingerprint density at radius 1 is 0.667 bits per heavy atom. The highest BCUT2D eigenvalue weighted by molar-refractivity contribution is 8.00. The van der Waals surface area contributed by atoms with Crippen LogP contribution in [0.4, 0.5) is 0 Å². The van der Waals surface area contributed by atoms with Gasteiger partial charge in [-0.2, -0.15) is 0 Å². The molecule has 0 aliphatic heterocycles. The van der Waals surface area contributed by atoms with Crippen molar-refractivity contribution < 1.29 is 0 Å². The average molecular weight is 351 g/mol. The van der Waals surface area contributed by atoms with Gasteiger partial charge in [-0.25, -0.2) is 0 Å². The first-order chi connectivity index (χ1) is 8.65. The summed E-state index contributed by atoms with van der Waals surface area (Å²) in [5.74, 6) is 0. The highest BCUT2D eigenvalue weighted by Crippen LogP contribution is 2.46. The fourth-order valence-corrected chi connectivity index (χ4v) is 8.83. The highest BCUT2D eigenvalue weighted by Gasteiger charge is 2.19. The van der Waals surface area contributed by atoms with Crippen molar-refractivity contribution in [3.63, 3.8) is 0 Å². The van der Waals surface area contributed by atoms with E-state index >= 15 is 0 Å². The molecule has 2 nitrogen and oxygen atoms in total. The van der Waals surface area contributed by atoms with Crippen LogP contribution in [-0.2, 0) is 0 Å². The molecular formula is C10H6O2S6. The van der Waals surface area contributed by atoms with Gasteiger partial charge in [0.15, 0.2) is 0 Å². The Balaban J connectivity index is 2.67. The lowest BCUT2D eigenvalue weighted by atomic mass is 10.3. The standard InChI is InChI=1S/C10H6O2S6/c1-13-3-5-7(17-9(11)15-5)4(14-2)8-6(3)16-10(12)18-8/h1-2H3. The minimum Gasteiger partial charge on any atom is -0.265 e. The Labute approximate surface area is 127 Å². The summed E-state index contributed by atoms with van der Waals surface area (Å²) in [6.45, 7) is 0. The molecular weight excluding hydrogens is 345 g/mol. The second kappa shape index (κ2) is 4.92. The van der Waals surface area contributed by atoms with Gasteiger partial charge in [0.1, 0.15) is 0 Å². The van der Waals surface area contributed by atoms with Crippen LogP contribution in [0.2, 0.25) is 0 Å². The maximum atomic E-state index is 11.7. The summed E-state index contributed by atoms with van der Waals surface area (Å²) < 4.78 is 4.43. The first-order valence-corrected chi connectivity index (χ1v) is 10.5. The van der Waals surface area contributed by atoms with Gasteiger partial charge in [0, 0.05) is 9.79 Å². The molecule has 0 fully saturated rings. The largest absolute Gasteiger partial charge is 0.288 e. The third-order valence-corrected chi connectivity index (χ3v) is 8.91. The van der Waals surface area contributed by atoms with Gasteiger partial charge in [0.2, 0.25) is 0 Å². The van der Waals surface area contributed by atoms with Crippen LogP contribution in [0.15, 0.2) is 19.4 Å². The van der Waals surface area contributed by atoms with E-state index in [1.807, 2.05) is 12.5 Å². The molecule has 0 unspecified atom stereocenters. The fourth-order valence-electron chi connectivity index (χ4n) is 1.74. The van der Waals surface area contributed by atoms with Gasteiger partial charge in [0.25, 0.3) is 8.11 Å². The van der Waals surface area contributed by atoms with Crippen LogP contribution in [0, 0.1) is 0 Å². The van der Waals surface area contributed by atoms with Crippen LogP contribution >= 0.6 is 68.9 Å². The zero-order valence-electron chi connectivity index (χ0n) is 9.27. The topological polar surface area (TPSA) is 34.1 Å². The predicted molar refractivity (Wildman–Crippen MR) is 89.1 cm³/mol. The average Bonchev–Trinajstić information content (AvgIpc) is 2.87. The minimum atomic E-state index is 0.126. The van der Waals surface area contributed by atoms with E-state index in [0.29, 0.717) is 0 Å². The van der Waals surface area contributed by atoms with Crippen LogP contribution in [0.5, 0.6) is 0 Å². The van der Waals surface area contributed by atoms with E-state index in [-0.39, 0.29) is 8.11 Å². The van der Waals surface area contributed by atoms with E-state index in [9.17, 15) is 9.59 Å². The monoisotopic (exact) mass is 350 g/mol. The highest BCUT2D eigenvalue weighted by atomic mass is 32.2. The maximum Gasteiger partial charge on any atom is 0.288 e. The number of hydrogen-bond acceptors (Lipinski definition) is 8. The SMILES string of the molecule is CSc1c2sc(=O)sc2c(SC)c2sc(=O)sc12. The number of thioether (sulfide) groups is 2. The van der Waals surface area contributed by atoms with Crippen LogP contribution in [0.1, 0.15) is 0 Å². The molecule has 3 aromatic rings. The molecule has 0 aliphatic rings. The van der Waals surface area contributed by atoms with Gasteiger partial charge in [-0.15, -0.1) is 23.5 Å². The number of benzene rings is 1. The summed E-state index contributed by atoms with van der Waals surface area (Å²) in [7, 11) is 0. The second-order valence-corrected chi connectivity index (χ2v) is 9.37. The summed E-state index contributed by atoms with van der Waals surface area (Å²) in [6, 6.07) is 0. The molecule has 18 heavy (non-hydrogen) atoms. The van der Waals surface area contributed by atoms with Crippen molar-refractivity contribution in [3.8, 4) is 0 Å². The molecule has 0 saturated heterocycles. The van der Waals surface area contributed by atoms with Gasteiger partial charge < -0.3 is 0 Å². The van der Waals surface area contributed by atoms with E-state index in [4.69, 9.17) is 0 Å². The van der Waals surface area contributed by atoms with Gasteiger partial charge in [0.05, 0.1) is 18.8 Å². The van der Waals surface area contributed by atoms with Crippen molar-refractivity contribution in [2.45, 2.75) is 9.79 Å². The normalized spacial score (nSPS) is 11.7. The predicted octanol–water partition coefficient (Wildman–Crippen LogP) is 4.40.